The Balaban J connectivity index is 1.41. The van der Waals surface area contributed by atoms with Gasteiger partial charge >= 0.3 is 0 Å². The number of fused-ring (bicyclic) bond motifs is 1. The lowest BCUT2D eigenvalue weighted by Gasteiger charge is -2.15. The van der Waals surface area contributed by atoms with Crippen LogP contribution in [0.25, 0.3) is 16.5 Å². The van der Waals surface area contributed by atoms with Crippen LogP contribution < -0.4 is 15.6 Å². The highest BCUT2D eigenvalue weighted by molar-refractivity contribution is 7.13. The highest BCUT2D eigenvalue weighted by Crippen LogP contribution is 2.28. The Morgan fingerprint density at radius 3 is 2.79 bits per heavy atom. The van der Waals surface area contributed by atoms with Crippen molar-refractivity contribution in [1.82, 2.24) is 19.7 Å². The maximum Gasteiger partial charge on any atom is 0.255 e. The summed E-state index contributed by atoms with van der Waals surface area (Å²) in [6.45, 7) is 0. The Kier molecular flexibility index (Phi) is 6.27. The molecule has 1 aliphatic rings. The minimum Gasteiger partial charge on any atom is -0.497 e. The Hall–Kier alpha value is -3.72. The Morgan fingerprint density at radius 1 is 1.21 bits per heavy atom. The van der Waals surface area contributed by atoms with Crippen LogP contribution in [0.3, 0.4) is 0 Å². The Bertz CT molecular complexity index is 1360. The monoisotopic (exact) mass is 475 g/mol. The smallest absolute Gasteiger partial charge is 0.255 e. The van der Waals surface area contributed by atoms with Crippen molar-refractivity contribution in [3.8, 4) is 22.3 Å². The number of benzene rings is 1. The van der Waals surface area contributed by atoms with Crippen LogP contribution in [0.2, 0.25) is 0 Å². The third-order valence-corrected chi connectivity index (χ3v) is 6.82. The van der Waals surface area contributed by atoms with Gasteiger partial charge in [-0.25, -0.2) is 4.98 Å². The fourth-order valence-corrected chi connectivity index (χ4v) is 4.80. The molecule has 0 aliphatic heterocycles. The summed E-state index contributed by atoms with van der Waals surface area (Å²) in [5.74, 6) is 1.43. The lowest BCUT2D eigenvalue weighted by molar-refractivity contribution is -0.116. The molecule has 3 heterocycles. The topological polar surface area (TPSA) is 102 Å². The average Bonchev–Trinajstić information content (AvgIpc) is 3.53. The summed E-state index contributed by atoms with van der Waals surface area (Å²) in [5, 5.41) is 9.61. The number of hydrogen-bond acceptors (Lipinski definition) is 6. The number of aromatic nitrogens is 4. The van der Waals surface area contributed by atoms with E-state index < -0.39 is 0 Å². The molecule has 0 saturated heterocycles. The van der Waals surface area contributed by atoms with Gasteiger partial charge in [0, 0.05) is 18.1 Å². The zero-order valence-corrected chi connectivity index (χ0v) is 19.7. The predicted molar refractivity (Wildman–Crippen MR) is 132 cm³/mol. The lowest BCUT2D eigenvalue weighted by Crippen LogP contribution is -2.24. The second kappa shape index (κ2) is 9.64. The van der Waals surface area contributed by atoms with E-state index in [0.717, 1.165) is 53.1 Å². The molecule has 1 aliphatic carbocycles. The van der Waals surface area contributed by atoms with Crippen LogP contribution in [0.5, 0.6) is 5.75 Å². The molecule has 3 aromatic heterocycles. The van der Waals surface area contributed by atoms with Crippen molar-refractivity contribution in [3.05, 3.63) is 75.0 Å². The molecule has 0 bridgehead atoms. The number of carbonyl (C=O) groups is 1. The third-order valence-electron chi connectivity index (χ3n) is 5.93. The summed E-state index contributed by atoms with van der Waals surface area (Å²) >= 11 is 1.56. The molecule has 1 amide bonds. The van der Waals surface area contributed by atoms with Crippen LogP contribution in [0.15, 0.2) is 52.6 Å². The number of anilines is 1. The first kappa shape index (κ1) is 22.1. The van der Waals surface area contributed by atoms with Crippen LogP contribution in [-0.2, 0) is 24.1 Å². The second-order valence-electron chi connectivity index (χ2n) is 8.22. The summed E-state index contributed by atoms with van der Waals surface area (Å²) in [5.41, 5.74) is 3.19. The zero-order chi connectivity index (χ0) is 23.5. The quantitative estimate of drug-likeness (QED) is 0.418. The van der Waals surface area contributed by atoms with Crippen molar-refractivity contribution < 1.29 is 9.53 Å². The number of methoxy groups -OCH3 is 1. The van der Waals surface area contributed by atoms with Crippen molar-refractivity contribution in [2.24, 2.45) is 0 Å². The van der Waals surface area contributed by atoms with Gasteiger partial charge in [0.05, 0.1) is 17.7 Å². The number of nitrogens with zero attached hydrogens (tertiary/aromatic N) is 3. The van der Waals surface area contributed by atoms with Crippen LogP contribution in [0, 0.1) is 0 Å². The normalized spacial score (nSPS) is 12.9. The van der Waals surface area contributed by atoms with Crippen molar-refractivity contribution in [1.29, 1.82) is 0 Å². The maximum atomic E-state index is 12.8. The van der Waals surface area contributed by atoms with E-state index in [2.05, 4.69) is 15.4 Å². The standard InChI is InChI=1S/C25H25N5O3S/c1-33-17-11-8-16(9-12-17)10-13-23(31)27-22-15-20(21-7-4-14-34-21)29-30(22)25-26-19-6-3-2-5-18(19)24(32)28-25/h4,7-9,11-12,14-15H,2-3,5-6,10,13H2,1H3,(H,27,31)(H,26,28,32). The van der Waals surface area contributed by atoms with Gasteiger partial charge in [0.25, 0.3) is 5.56 Å². The molecule has 4 aromatic rings. The van der Waals surface area contributed by atoms with Crippen molar-refractivity contribution in [2.75, 3.05) is 12.4 Å². The summed E-state index contributed by atoms with van der Waals surface area (Å²) in [6, 6.07) is 13.4. The lowest BCUT2D eigenvalue weighted by atomic mass is 9.97. The first-order valence-corrected chi connectivity index (χ1v) is 12.2. The molecule has 0 radical (unpaired) electrons. The molecular formula is C25H25N5O3S. The molecule has 8 nitrogen and oxygen atoms in total. The summed E-state index contributed by atoms with van der Waals surface area (Å²) in [4.78, 5) is 34.1. The molecule has 1 aromatic carbocycles. The van der Waals surface area contributed by atoms with Crippen molar-refractivity contribution in [2.45, 2.75) is 38.5 Å². The molecule has 0 atom stereocenters. The number of rotatable bonds is 7. The maximum absolute atomic E-state index is 12.8. The second-order valence-corrected chi connectivity index (χ2v) is 9.17. The number of H-pyrrole nitrogens is 1. The molecule has 5 rings (SSSR count). The Labute approximate surface area is 200 Å². The van der Waals surface area contributed by atoms with Gasteiger partial charge in [0.15, 0.2) is 0 Å². The number of amides is 1. The summed E-state index contributed by atoms with van der Waals surface area (Å²) in [7, 11) is 1.63. The molecule has 174 valence electrons. The predicted octanol–water partition coefficient (Wildman–Crippen LogP) is 4.14. The number of carbonyl (C=O) groups excluding carboxylic acids is 1. The van der Waals surface area contributed by atoms with E-state index in [-0.39, 0.29) is 11.5 Å². The van der Waals surface area contributed by atoms with Crippen molar-refractivity contribution >= 4 is 23.1 Å². The van der Waals surface area contributed by atoms with Gasteiger partial charge in [-0.2, -0.15) is 9.78 Å². The fraction of sp³-hybridized carbons (Fsp3) is 0.280. The average molecular weight is 476 g/mol. The molecule has 2 N–H and O–H groups in total. The largest absolute Gasteiger partial charge is 0.497 e. The highest BCUT2D eigenvalue weighted by atomic mass is 32.1. The number of aryl methyl sites for hydroxylation is 2. The molecule has 0 fully saturated rings. The first-order valence-electron chi connectivity index (χ1n) is 11.3. The molecule has 0 spiro atoms. The van der Waals surface area contributed by atoms with Gasteiger partial charge in [-0.15, -0.1) is 11.3 Å². The van der Waals surface area contributed by atoms with Gasteiger partial charge < -0.3 is 10.1 Å². The number of hydrogen-bond donors (Lipinski definition) is 2. The summed E-state index contributed by atoms with van der Waals surface area (Å²) < 4.78 is 6.71. The zero-order valence-electron chi connectivity index (χ0n) is 18.8. The van der Waals surface area contributed by atoms with Gasteiger partial charge in [0.1, 0.15) is 17.3 Å². The van der Waals surface area contributed by atoms with E-state index in [9.17, 15) is 9.59 Å². The molecular weight excluding hydrogens is 450 g/mol. The number of ether oxygens (including phenoxy) is 1. The van der Waals surface area contributed by atoms with E-state index >= 15 is 0 Å². The highest BCUT2D eigenvalue weighted by Gasteiger charge is 2.20. The molecule has 0 unspecified atom stereocenters. The van der Waals surface area contributed by atoms with Crippen LogP contribution in [0.4, 0.5) is 5.82 Å². The van der Waals surface area contributed by atoms with Crippen LogP contribution >= 0.6 is 11.3 Å². The van der Waals surface area contributed by atoms with E-state index in [1.165, 1.54) is 4.68 Å². The minimum atomic E-state index is -0.144. The Morgan fingerprint density at radius 2 is 2.03 bits per heavy atom. The number of nitrogens with one attached hydrogen (secondary N) is 2. The van der Waals surface area contributed by atoms with E-state index in [1.807, 2.05) is 47.8 Å². The SMILES string of the molecule is COc1ccc(CCC(=O)Nc2cc(-c3cccs3)nn2-c2nc3c(c(=O)[nH]2)CCCC3)cc1. The van der Waals surface area contributed by atoms with E-state index in [1.54, 1.807) is 18.4 Å². The van der Waals surface area contributed by atoms with Gasteiger partial charge in [0.2, 0.25) is 11.9 Å². The minimum absolute atomic E-state index is 0.135. The molecule has 9 heteroatoms. The van der Waals surface area contributed by atoms with Gasteiger partial charge in [-0.1, -0.05) is 18.2 Å². The van der Waals surface area contributed by atoms with E-state index in [0.29, 0.717) is 30.3 Å². The molecule has 0 saturated carbocycles. The van der Waals surface area contributed by atoms with Crippen LogP contribution in [0.1, 0.15) is 36.1 Å². The van der Waals surface area contributed by atoms with Crippen LogP contribution in [-0.4, -0.2) is 32.8 Å². The van der Waals surface area contributed by atoms with Gasteiger partial charge in [-0.05, 0) is 61.2 Å². The number of thiophene rings is 1. The summed E-state index contributed by atoms with van der Waals surface area (Å²) in [6.07, 6.45) is 4.42. The van der Waals surface area contributed by atoms with E-state index in [4.69, 9.17) is 9.72 Å². The van der Waals surface area contributed by atoms with Gasteiger partial charge in [-0.3, -0.25) is 14.6 Å². The number of aromatic amines is 1. The molecule has 34 heavy (non-hydrogen) atoms. The first-order chi connectivity index (χ1) is 16.6. The van der Waals surface area contributed by atoms with Crippen molar-refractivity contribution in [3.63, 3.8) is 0 Å². The third kappa shape index (κ3) is 4.65. The fourth-order valence-electron chi connectivity index (χ4n) is 4.12.